The Morgan fingerprint density at radius 2 is 1.80 bits per heavy atom. The molecule has 1 aromatic heterocycles. The van der Waals surface area contributed by atoms with Crippen LogP contribution < -0.4 is 10.1 Å². The van der Waals surface area contributed by atoms with E-state index in [1.165, 1.54) is 23.8 Å². The summed E-state index contributed by atoms with van der Waals surface area (Å²) in [5.74, 6) is 1.90. The highest BCUT2D eigenvalue weighted by Crippen LogP contribution is 2.33. The summed E-state index contributed by atoms with van der Waals surface area (Å²) in [5.41, 5.74) is 1.23. The van der Waals surface area contributed by atoms with Crippen LogP contribution in [0.3, 0.4) is 0 Å². The lowest BCUT2D eigenvalue weighted by Crippen LogP contribution is -2.28. The van der Waals surface area contributed by atoms with Crippen LogP contribution in [0.25, 0.3) is 10.8 Å². The first kappa shape index (κ1) is 16.6. The summed E-state index contributed by atoms with van der Waals surface area (Å²) < 4.78 is 6.31. The van der Waals surface area contributed by atoms with Gasteiger partial charge in [-0.3, -0.25) is 0 Å². The fourth-order valence-electron chi connectivity index (χ4n) is 4.15. The Balaban J connectivity index is 1.58. The van der Waals surface area contributed by atoms with E-state index in [2.05, 4.69) is 35.4 Å². The maximum absolute atomic E-state index is 9.68. The third-order valence-corrected chi connectivity index (χ3v) is 5.72. The van der Waals surface area contributed by atoms with E-state index in [0.29, 0.717) is 12.1 Å². The molecule has 2 aliphatic rings. The molecule has 4 rings (SSSR count). The van der Waals surface area contributed by atoms with Crippen LogP contribution in [0.2, 0.25) is 0 Å². The zero-order chi connectivity index (χ0) is 17.2. The minimum Gasteiger partial charge on any atom is -0.490 e. The van der Waals surface area contributed by atoms with E-state index >= 15 is 0 Å². The van der Waals surface area contributed by atoms with Crippen LogP contribution in [-0.4, -0.2) is 28.3 Å². The Labute approximate surface area is 149 Å². The summed E-state index contributed by atoms with van der Waals surface area (Å²) in [7, 11) is 0. The summed E-state index contributed by atoms with van der Waals surface area (Å²) >= 11 is 0. The minimum atomic E-state index is -0.128. The highest BCUT2D eigenvalue weighted by Gasteiger charge is 2.21. The number of anilines is 1. The van der Waals surface area contributed by atoms with Gasteiger partial charge >= 0.3 is 0 Å². The predicted molar refractivity (Wildman–Crippen MR) is 101 cm³/mol. The Kier molecular flexibility index (Phi) is 4.80. The average molecular weight is 340 g/mol. The summed E-state index contributed by atoms with van der Waals surface area (Å²) in [6.45, 7) is 2.12. The van der Waals surface area contributed by atoms with Crippen LogP contribution in [0.4, 0.5) is 5.82 Å². The van der Waals surface area contributed by atoms with Crippen molar-refractivity contribution in [2.24, 2.45) is 0 Å². The van der Waals surface area contributed by atoms with Crippen molar-refractivity contribution in [2.45, 2.75) is 76.5 Å². The van der Waals surface area contributed by atoms with Crippen LogP contribution in [0.5, 0.6) is 5.75 Å². The average Bonchev–Trinajstić information content (AvgIpc) is 3.13. The third kappa shape index (κ3) is 3.74. The summed E-state index contributed by atoms with van der Waals surface area (Å²) in [4.78, 5) is 4.62. The van der Waals surface area contributed by atoms with E-state index in [9.17, 15) is 5.11 Å². The molecule has 25 heavy (non-hydrogen) atoms. The van der Waals surface area contributed by atoms with E-state index < -0.39 is 0 Å². The van der Waals surface area contributed by atoms with E-state index in [0.717, 1.165) is 55.5 Å². The number of ether oxygens (including phenoxy) is 1. The molecular formula is C21H28N2O2. The van der Waals surface area contributed by atoms with Gasteiger partial charge in [-0.2, -0.15) is 0 Å². The standard InChI is InChI=1S/C21H28N2O2/c1-14-6-11-20(25-17-4-2-3-5-17)18-12-21(22-13-19(14)18)23-15-7-9-16(24)10-8-15/h6,11-13,15-17,24H,2-5,7-10H2,1H3,(H,22,23)/t15-,16+. The molecule has 0 bridgehead atoms. The number of aliphatic hydroxyl groups excluding tert-OH is 1. The molecule has 2 saturated carbocycles. The Bertz CT molecular complexity index is 732. The number of benzene rings is 1. The molecule has 2 N–H and O–H groups in total. The molecule has 134 valence electrons. The van der Waals surface area contributed by atoms with E-state index in [1.54, 1.807) is 0 Å². The molecule has 1 aromatic carbocycles. The normalized spacial score (nSPS) is 24.6. The van der Waals surface area contributed by atoms with Gasteiger partial charge in [0.25, 0.3) is 0 Å². The zero-order valence-corrected chi connectivity index (χ0v) is 15.0. The van der Waals surface area contributed by atoms with Gasteiger partial charge in [0.05, 0.1) is 12.2 Å². The SMILES string of the molecule is Cc1ccc(OC2CCCC2)c2cc(N[C@H]3CC[C@@H](O)CC3)ncc12. The molecule has 4 nitrogen and oxygen atoms in total. The van der Waals surface area contributed by atoms with E-state index in [1.807, 2.05) is 6.20 Å². The minimum absolute atomic E-state index is 0.128. The number of nitrogens with one attached hydrogen (secondary N) is 1. The topological polar surface area (TPSA) is 54.4 Å². The predicted octanol–water partition coefficient (Wildman–Crippen LogP) is 4.58. The zero-order valence-electron chi connectivity index (χ0n) is 15.0. The van der Waals surface area contributed by atoms with Crippen molar-refractivity contribution < 1.29 is 9.84 Å². The fourth-order valence-corrected chi connectivity index (χ4v) is 4.15. The second-order valence-electron chi connectivity index (χ2n) is 7.67. The van der Waals surface area contributed by atoms with Gasteiger partial charge in [-0.25, -0.2) is 4.98 Å². The number of fused-ring (bicyclic) bond motifs is 1. The number of aryl methyl sites for hydroxylation is 1. The first-order valence-electron chi connectivity index (χ1n) is 9.69. The van der Waals surface area contributed by atoms with Gasteiger partial charge in [0.15, 0.2) is 0 Å². The highest BCUT2D eigenvalue weighted by molar-refractivity contribution is 5.92. The van der Waals surface area contributed by atoms with Gasteiger partial charge in [-0.1, -0.05) is 6.07 Å². The molecule has 0 amide bonds. The summed E-state index contributed by atoms with van der Waals surface area (Å²) in [6.07, 6.45) is 10.8. The molecule has 0 spiro atoms. The lowest BCUT2D eigenvalue weighted by Gasteiger charge is -2.26. The summed E-state index contributed by atoms with van der Waals surface area (Å²) in [5, 5.41) is 15.6. The van der Waals surface area contributed by atoms with Crippen molar-refractivity contribution in [1.29, 1.82) is 0 Å². The van der Waals surface area contributed by atoms with Crippen molar-refractivity contribution in [3.63, 3.8) is 0 Å². The second kappa shape index (κ2) is 7.20. The number of nitrogens with zero attached hydrogens (tertiary/aromatic N) is 1. The first-order valence-corrected chi connectivity index (χ1v) is 9.69. The van der Waals surface area contributed by atoms with Gasteiger partial charge in [0, 0.05) is 23.0 Å². The molecule has 0 saturated heterocycles. The van der Waals surface area contributed by atoms with Crippen LogP contribution in [0.15, 0.2) is 24.4 Å². The van der Waals surface area contributed by atoms with Gasteiger partial charge in [-0.15, -0.1) is 0 Å². The van der Waals surface area contributed by atoms with Crippen molar-refractivity contribution >= 4 is 16.6 Å². The molecule has 0 aliphatic heterocycles. The quantitative estimate of drug-likeness (QED) is 0.855. The molecule has 0 unspecified atom stereocenters. The Morgan fingerprint density at radius 1 is 1.04 bits per heavy atom. The molecule has 4 heteroatoms. The largest absolute Gasteiger partial charge is 0.490 e. The molecular weight excluding hydrogens is 312 g/mol. The molecule has 1 heterocycles. The van der Waals surface area contributed by atoms with E-state index in [4.69, 9.17) is 4.74 Å². The smallest absolute Gasteiger partial charge is 0.127 e. The summed E-state index contributed by atoms with van der Waals surface area (Å²) in [6, 6.07) is 6.77. The van der Waals surface area contributed by atoms with E-state index in [-0.39, 0.29) is 6.10 Å². The Morgan fingerprint density at radius 3 is 2.56 bits per heavy atom. The van der Waals surface area contributed by atoms with Crippen molar-refractivity contribution in [2.75, 3.05) is 5.32 Å². The lowest BCUT2D eigenvalue weighted by atomic mass is 9.93. The monoisotopic (exact) mass is 340 g/mol. The molecule has 2 aromatic rings. The number of hydrogen-bond donors (Lipinski definition) is 2. The van der Waals surface area contributed by atoms with Gasteiger partial charge in [0.1, 0.15) is 11.6 Å². The number of aliphatic hydroxyl groups is 1. The van der Waals surface area contributed by atoms with Crippen molar-refractivity contribution in [3.05, 3.63) is 30.0 Å². The number of aromatic nitrogens is 1. The maximum atomic E-state index is 9.68. The number of hydrogen-bond acceptors (Lipinski definition) is 4. The van der Waals surface area contributed by atoms with Gasteiger partial charge in [0.2, 0.25) is 0 Å². The van der Waals surface area contributed by atoms with Crippen molar-refractivity contribution in [3.8, 4) is 5.75 Å². The molecule has 0 atom stereocenters. The maximum Gasteiger partial charge on any atom is 0.127 e. The highest BCUT2D eigenvalue weighted by atomic mass is 16.5. The first-order chi connectivity index (χ1) is 12.2. The van der Waals surface area contributed by atoms with Gasteiger partial charge in [-0.05, 0) is 76.0 Å². The molecule has 2 fully saturated rings. The van der Waals surface area contributed by atoms with Crippen LogP contribution >= 0.6 is 0 Å². The van der Waals surface area contributed by atoms with Crippen LogP contribution in [0, 0.1) is 6.92 Å². The molecule has 0 radical (unpaired) electrons. The van der Waals surface area contributed by atoms with Gasteiger partial charge < -0.3 is 15.2 Å². The fraction of sp³-hybridized carbons (Fsp3) is 0.571. The van der Waals surface area contributed by atoms with Crippen LogP contribution in [-0.2, 0) is 0 Å². The van der Waals surface area contributed by atoms with Crippen LogP contribution in [0.1, 0.15) is 56.9 Å². The second-order valence-corrected chi connectivity index (χ2v) is 7.67. The van der Waals surface area contributed by atoms with Crippen molar-refractivity contribution in [1.82, 2.24) is 4.98 Å². The Hall–Kier alpha value is -1.81. The molecule has 2 aliphatic carbocycles. The number of pyridine rings is 1. The lowest BCUT2D eigenvalue weighted by molar-refractivity contribution is 0.126. The third-order valence-electron chi connectivity index (χ3n) is 5.72. The number of rotatable bonds is 4.